The maximum atomic E-state index is 14.4. The topological polar surface area (TPSA) is 58.2 Å². The third kappa shape index (κ3) is 6.15. The van der Waals surface area contributed by atoms with Gasteiger partial charge in [0.25, 0.3) is 11.8 Å². The van der Waals surface area contributed by atoms with E-state index in [9.17, 15) is 53.5 Å². The van der Waals surface area contributed by atoms with Crippen LogP contribution in [-0.2, 0) is 5.92 Å². The van der Waals surface area contributed by atoms with Crippen LogP contribution in [0.25, 0.3) is 0 Å². The number of nitrogens with one attached hydrogen (secondary N) is 2. The number of carbonyl (C=O) groups is 2. The summed E-state index contributed by atoms with van der Waals surface area (Å²) in [6.07, 6.45) is -6.96. The molecule has 0 aliphatic heterocycles. The minimum absolute atomic E-state index is 0.0190. The highest BCUT2D eigenvalue weighted by Crippen LogP contribution is 2.57. The van der Waals surface area contributed by atoms with E-state index < -0.39 is 47.1 Å². The van der Waals surface area contributed by atoms with Crippen molar-refractivity contribution in [2.45, 2.75) is 23.9 Å². The first-order chi connectivity index (χ1) is 18.3. The molecule has 214 valence electrons. The zero-order valence-electron chi connectivity index (χ0n) is 19.1. The number of anilines is 2. The Morgan fingerprint density at radius 1 is 0.650 bits per heavy atom. The molecule has 0 fully saturated rings. The average molecular weight is 804 g/mol. The molecule has 0 spiro atoms. The summed E-state index contributed by atoms with van der Waals surface area (Å²) in [5, 5.41) is 4.75. The van der Waals surface area contributed by atoms with Crippen molar-refractivity contribution < 1.29 is 53.5 Å². The van der Waals surface area contributed by atoms with Crippen molar-refractivity contribution in [3.63, 3.8) is 0 Å². The van der Waals surface area contributed by atoms with Crippen molar-refractivity contribution in [1.29, 1.82) is 0 Å². The van der Waals surface area contributed by atoms with E-state index in [1.54, 1.807) is 0 Å². The lowest BCUT2D eigenvalue weighted by molar-refractivity contribution is -0.399. The molecule has 0 saturated carbocycles. The molecule has 16 heteroatoms. The summed E-state index contributed by atoms with van der Waals surface area (Å²) < 4.78 is 133. The summed E-state index contributed by atoms with van der Waals surface area (Å²) in [6.45, 7) is 0. The first-order valence-electron chi connectivity index (χ1n) is 10.5. The van der Waals surface area contributed by atoms with Crippen molar-refractivity contribution in [2.75, 3.05) is 10.6 Å². The van der Waals surface area contributed by atoms with Gasteiger partial charge in [0.1, 0.15) is 5.82 Å². The molecule has 0 saturated heterocycles. The van der Waals surface area contributed by atoms with E-state index in [1.807, 2.05) is 0 Å². The van der Waals surface area contributed by atoms with Crippen molar-refractivity contribution >= 4 is 68.4 Å². The molecule has 3 rings (SSSR count). The fourth-order valence-corrected chi connectivity index (χ4v) is 5.22. The summed E-state index contributed by atoms with van der Waals surface area (Å²) >= 11 is 2.61. The van der Waals surface area contributed by atoms with Crippen molar-refractivity contribution in [3.05, 3.63) is 90.3 Å². The maximum Gasteiger partial charge on any atom is 0.460 e. The monoisotopic (exact) mass is 804 g/mol. The van der Waals surface area contributed by atoms with Gasteiger partial charge in [-0.25, -0.2) is 4.39 Å². The van der Waals surface area contributed by atoms with Crippen LogP contribution in [0.1, 0.15) is 26.3 Å². The molecular formula is C24H12F10I2N2O2. The van der Waals surface area contributed by atoms with Gasteiger partial charge in [-0.1, -0.05) is 12.1 Å². The molecule has 0 aliphatic carbocycles. The van der Waals surface area contributed by atoms with Crippen LogP contribution in [0.5, 0.6) is 0 Å². The second-order valence-corrected chi connectivity index (χ2v) is 10.4. The van der Waals surface area contributed by atoms with Gasteiger partial charge in [0.05, 0.1) is 5.69 Å². The fraction of sp³-hybridized carbons (Fsp3) is 0.167. The third-order valence-electron chi connectivity index (χ3n) is 5.26. The van der Waals surface area contributed by atoms with Crippen LogP contribution in [0.3, 0.4) is 0 Å². The van der Waals surface area contributed by atoms with Gasteiger partial charge in [-0.05, 0) is 93.7 Å². The summed E-state index contributed by atoms with van der Waals surface area (Å²) in [4.78, 5) is 25.1. The fourth-order valence-electron chi connectivity index (χ4n) is 3.19. The number of benzene rings is 3. The minimum atomic E-state index is -7.05. The second kappa shape index (κ2) is 11.3. The second-order valence-electron chi connectivity index (χ2n) is 8.04. The Morgan fingerprint density at radius 3 is 1.68 bits per heavy atom. The maximum absolute atomic E-state index is 14.4. The van der Waals surface area contributed by atoms with Crippen molar-refractivity contribution in [2.24, 2.45) is 0 Å². The van der Waals surface area contributed by atoms with E-state index in [0.717, 1.165) is 12.1 Å². The average Bonchev–Trinajstić information content (AvgIpc) is 2.85. The molecule has 40 heavy (non-hydrogen) atoms. The standard InChI is InChI=1S/C24H12F10I2N2O2/c25-14-5-1-3-11(7-14)19(39)37-15-6-2-4-12(8-15)20(40)38-18-16(35)9-13(10-17(18)36)21(26,27)22(28,29)23(30,31)24(32,33)34/h1-10H,(H,37,39)(H,38,40). The van der Waals surface area contributed by atoms with Crippen molar-refractivity contribution in [1.82, 2.24) is 0 Å². The molecule has 0 atom stereocenters. The number of alkyl halides is 9. The van der Waals surface area contributed by atoms with Crippen LogP contribution < -0.4 is 10.6 Å². The number of hydrogen-bond acceptors (Lipinski definition) is 2. The minimum Gasteiger partial charge on any atom is -0.322 e. The largest absolute Gasteiger partial charge is 0.460 e. The predicted octanol–water partition coefficient (Wildman–Crippen LogP) is 8.46. The van der Waals surface area contributed by atoms with Gasteiger partial charge < -0.3 is 10.6 Å². The molecule has 3 aromatic rings. The van der Waals surface area contributed by atoms with Crippen LogP contribution in [0.15, 0.2) is 60.7 Å². The highest BCUT2D eigenvalue weighted by Gasteiger charge is 2.82. The Morgan fingerprint density at radius 2 is 1.15 bits per heavy atom. The Labute approximate surface area is 245 Å². The molecule has 2 N–H and O–H groups in total. The molecule has 0 aliphatic rings. The molecule has 0 heterocycles. The smallest absolute Gasteiger partial charge is 0.322 e. The van der Waals surface area contributed by atoms with Crippen LogP contribution in [0, 0.1) is 13.0 Å². The molecule has 0 bridgehead atoms. The zero-order chi connectivity index (χ0) is 30.3. The predicted molar refractivity (Wildman–Crippen MR) is 140 cm³/mol. The van der Waals surface area contributed by atoms with Crippen LogP contribution in [0.4, 0.5) is 55.3 Å². The van der Waals surface area contributed by atoms with E-state index in [-0.39, 0.29) is 41.8 Å². The van der Waals surface area contributed by atoms with Crippen LogP contribution >= 0.6 is 45.2 Å². The Kier molecular flexibility index (Phi) is 9.03. The van der Waals surface area contributed by atoms with Crippen molar-refractivity contribution in [3.8, 4) is 0 Å². The van der Waals surface area contributed by atoms with E-state index >= 15 is 0 Å². The molecule has 3 aromatic carbocycles. The van der Waals surface area contributed by atoms with Crippen LogP contribution in [-0.4, -0.2) is 29.8 Å². The number of halogens is 12. The van der Waals surface area contributed by atoms with Gasteiger partial charge in [0.15, 0.2) is 0 Å². The van der Waals surface area contributed by atoms with E-state index in [0.29, 0.717) is 0 Å². The van der Waals surface area contributed by atoms with Crippen LogP contribution in [0.2, 0.25) is 0 Å². The van der Waals surface area contributed by atoms with Gasteiger partial charge in [-0.2, -0.15) is 39.5 Å². The lowest BCUT2D eigenvalue weighted by Gasteiger charge is -2.34. The lowest BCUT2D eigenvalue weighted by Crippen LogP contribution is -2.59. The zero-order valence-corrected chi connectivity index (χ0v) is 23.4. The Hall–Kier alpha value is -2.64. The highest BCUT2D eigenvalue weighted by molar-refractivity contribution is 14.1. The van der Waals surface area contributed by atoms with Gasteiger partial charge in [-0.15, -0.1) is 0 Å². The first kappa shape index (κ1) is 31.9. The summed E-state index contributed by atoms with van der Waals surface area (Å²) in [7, 11) is 0. The molecule has 0 radical (unpaired) electrons. The number of carbonyl (C=O) groups excluding carboxylic acids is 2. The summed E-state index contributed by atoms with van der Waals surface area (Å²) in [6, 6.07) is 10.5. The van der Waals surface area contributed by atoms with E-state index in [4.69, 9.17) is 0 Å². The van der Waals surface area contributed by atoms with Gasteiger partial charge >= 0.3 is 23.9 Å². The first-order valence-corrected chi connectivity index (χ1v) is 12.6. The van der Waals surface area contributed by atoms with E-state index in [2.05, 4.69) is 10.6 Å². The molecular weight excluding hydrogens is 792 g/mol. The lowest BCUT2D eigenvalue weighted by atomic mass is 9.96. The number of rotatable bonds is 7. The molecule has 2 amide bonds. The molecule has 0 unspecified atom stereocenters. The third-order valence-corrected chi connectivity index (χ3v) is 6.96. The summed E-state index contributed by atoms with van der Waals surface area (Å²) in [5.74, 6) is -22.1. The van der Waals surface area contributed by atoms with Gasteiger partial charge in [0, 0.05) is 29.5 Å². The van der Waals surface area contributed by atoms with Gasteiger partial charge in [-0.3, -0.25) is 9.59 Å². The van der Waals surface area contributed by atoms with Gasteiger partial charge in [0.2, 0.25) is 0 Å². The highest BCUT2D eigenvalue weighted by atomic mass is 127. The molecule has 4 nitrogen and oxygen atoms in total. The number of hydrogen-bond donors (Lipinski definition) is 2. The molecule has 0 aromatic heterocycles. The quantitative estimate of drug-likeness (QED) is 0.186. The Bertz CT molecular complexity index is 1440. The number of amides is 2. The Balaban J connectivity index is 1.86. The summed E-state index contributed by atoms with van der Waals surface area (Å²) in [5.41, 5.74) is -2.07. The SMILES string of the molecule is O=C(Nc1cccc(C(=O)Nc2c(I)cc(C(F)(F)C(F)(F)C(F)(F)C(F)(F)F)cc2I)c1)c1cccc(F)c1. The normalized spacial score (nSPS) is 12.7. The van der Waals surface area contributed by atoms with E-state index in [1.165, 1.54) is 81.6 Å².